The fraction of sp³-hybridized carbons (Fsp3) is 0.263. The molecule has 0 bridgehead atoms. The van der Waals surface area contributed by atoms with E-state index >= 15 is 0 Å². The van der Waals surface area contributed by atoms with Gasteiger partial charge in [-0.05, 0) is 49.7 Å². The van der Waals surface area contributed by atoms with Gasteiger partial charge in [-0.25, -0.2) is 9.98 Å². The van der Waals surface area contributed by atoms with Crippen LogP contribution in [0, 0.1) is 13.8 Å². The number of aliphatic imine (C=N–C) groups is 1. The van der Waals surface area contributed by atoms with E-state index in [1.807, 2.05) is 44.4 Å². The zero-order valence-electron chi connectivity index (χ0n) is 15.6. The van der Waals surface area contributed by atoms with E-state index in [4.69, 9.17) is 0 Å². The van der Waals surface area contributed by atoms with Crippen molar-refractivity contribution in [1.29, 1.82) is 0 Å². The molecule has 0 spiro atoms. The van der Waals surface area contributed by atoms with Crippen molar-refractivity contribution in [2.24, 2.45) is 4.99 Å². The lowest BCUT2D eigenvalue weighted by molar-refractivity contribution is -0.116. The highest BCUT2D eigenvalue weighted by molar-refractivity contribution is 8.18. The molecule has 8 heteroatoms. The summed E-state index contributed by atoms with van der Waals surface area (Å²) in [5.74, 6) is -0.250. The van der Waals surface area contributed by atoms with Crippen molar-refractivity contribution in [2.75, 3.05) is 11.4 Å². The average Bonchev–Trinajstić information content (AvgIpc) is 3.19. The molecule has 1 fully saturated rings. The second kappa shape index (κ2) is 8.06. The Morgan fingerprint density at radius 3 is 2.67 bits per heavy atom. The van der Waals surface area contributed by atoms with Crippen molar-refractivity contribution in [3.63, 3.8) is 0 Å². The second-order valence-electron chi connectivity index (χ2n) is 6.04. The highest BCUT2D eigenvalue weighted by Crippen LogP contribution is 2.31. The number of thioether (sulfide) groups is 1. The third-order valence-corrected chi connectivity index (χ3v) is 5.81. The number of nitrogens with zero attached hydrogens (tertiary/aromatic N) is 3. The molecule has 1 aliphatic heterocycles. The van der Waals surface area contributed by atoms with Crippen LogP contribution in [0.5, 0.6) is 0 Å². The van der Waals surface area contributed by atoms with Gasteiger partial charge in [-0.15, -0.1) is 11.3 Å². The molecule has 1 aromatic heterocycles. The first-order valence-corrected chi connectivity index (χ1v) is 10.2. The molecule has 0 saturated carbocycles. The van der Waals surface area contributed by atoms with Crippen molar-refractivity contribution in [1.82, 2.24) is 10.3 Å². The topological polar surface area (TPSA) is 74.7 Å². The molecule has 0 atom stereocenters. The molecule has 140 valence electrons. The summed E-state index contributed by atoms with van der Waals surface area (Å²) in [4.78, 5) is 35.1. The molecule has 0 radical (unpaired) electrons. The number of hydrogen-bond donors (Lipinski definition) is 1. The second-order valence-corrected chi connectivity index (χ2v) is 7.91. The number of aromatic nitrogens is 1. The molecule has 6 nitrogen and oxygen atoms in total. The van der Waals surface area contributed by atoms with Crippen LogP contribution in [0.1, 0.15) is 30.7 Å². The van der Waals surface area contributed by atoms with Gasteiger partial charge in [0, 0.05) is 18.8 Å². The summed E-state index contributed by atoms with van der Waals surface area (Å²) in [5, 5.41) is 5.82. The van der Waals surface area contributed by atoms with Crippen molar-refractivity contribution < 1.29 is 9.59 Å². The van der Waals surface area contributed by atoms with Crippen LogP contribution in [0.15, 0.2) is 33.5 Å². The van der Waals surface area contributed by atoms with Gasteiger partial charge in [0.2, 0.25) is 5.91 Å². The number of amidine groups is 1. The fourth-order valence-electron chi connectivity index (χ4n) is 2.66. The third-order valence-electron chi connectivity index (χ3n) is 4.02. The van der Waals surface area contributed by atoms with E-state index in [-0.39, 0.29) is 11.8 Å². The number of anilines is 1. The molecular weight excluding hydrogens is 380 g/mol. The van der Waals surface area contributed by atoms with E-state index in [9.17, 15) is 9.59 Å². The first kappa shape index (κ1) is 19.3. The van der Waals surface area contributed by atoms with E-state index in [0.29, 0.717) is 27.4 Å². The Balaban J connectivity index is 1.83. The van der Waals surface area contributed by atoms with Crippen LogP contribution in [-0.4, -0.2) is 28.5 Å². The summed E-state index contributed by atoms with van der Waals surface area (Å²) in [5.41, 5.74) is 3.64. The minimum atomic E-state index is -0.196. The summed E-state index contributed by atoms with van der Waals surface area (Å²) in [6, 6.07) is 5.98. The van der Waals surface area contributed by atoms with Gasteiger partial charge in [-0.1, -0.05) is 18.2 Å². The Hall–Kier alpha value is -2.45. The normalized spacial score (nSPS) is 16.8. The van der Waals surface area contributed by atoms with Gasteiger partial charge in [-0.3, -0.25) is 14.5 Å². The Morgan fingerprint density at radius 1 is 1.33 bits per heavy atom. The zero-order chi connectivity index (χ0) is 19.6. The van der Waals surface area contributed by atoms with E-state index in [2.05, 4.69) is 15.3 Å². The molecule has 0 unspecified atom stereocenters. The number of amides is 2. The van der Waals surface area contributed by atoms with Crippen LogP contribution in [0.25, 0.3) is 6.08 Å². The number of thiazole rings is 1. The molecular formula is C19H20N4O2S2. The van der Waals surface area contributed by atoms with Gasteiger partial charge in [0.05, 0.1) is 16.3 Å². The van der Waals surface area contributed by atoms with Gasteiger partial charge in [0.25, 0.3) is 5.91 Å². The molecule has 1 aliphatic rings. The highest BCUT2D eigenvalue weighted by Gasteiger charge is 2.25. The lowest BCUT2D eigenvalue weighted by atomic mass is 10.1. The van der Waals surface area contributed by atoms with Crippen LogP contribution in [0.4, 0.5) is 10.8 Å². The molecule has 2 aromatic rings. The standard InChI is InChI=1S/C19H20N4O2S2/c1-5-23(13(4)24)19-20-14(10-26-19)9-15-17(25)22-18(27-15)21-16-11(2)7-6-8-12(16)3/h6-10H,5H2,1-4H3,(H,21,22,25)/b15-9-. The zero-order valence-corrected chi connectivity index (χ0v) is 17.2. The monoisotopic (exact) mass is 400 g/mol. The number of benzene rings is 1. The van der Waals surface area contributed by atoms with Crippen LogP contribution in [-0.2, 0) is 9.59 Å². The Labute approximate surface area is 166 Å². The summed E-state index contributed by atoms with van der Waals surface area (Å²) < 4.78 is 0. The Bertz CT molecular complexity index is 942. The quantitative estimate of drug-likeness (QED) is 0.787. The van der Waals surface area contributed by atoms with E-state index in [1.54, 1.807) is 11.0 Å². The van der Waals surface area contributed by atoms with Crippen LogP contribution < -0.4 is 10.2 Å². The number of hydrogen-bond acceptors (Lipinski definition) is 6. The summed E-state index contributed by atoms with van der Waals surface area (Å²) in [6.45, 7) is 7.96. The Morgan fingerprint density at radius 2 is 2.04 bits per heavy atom. The number of carbonyl (C=O) groups is 2. The van der Waals surface area contributed by atoms with Crippen LogP contribution in [0.2, 0.25) is 0 Å². The largest absolute Gasteiger partial charge is 0.300 e. The number of carbonyl (C=O) groups excluding carboxylic acids is 2. The van der Waals surface area contributed by atoms with Crippen LogP contribution in [0.3, 0.4) is 0 Å². The summed E-state index contributed by atoms with van der Waals surface area (Å²) in [6.07, 6.45) is 1.72. The smallest absolute Gasteiger partial charge is 0.264 e. The molecule has 2 amide bonds. The maximum absolute atomic E-state index is 12.3. The predicted octanol–water partition coefficient (Wildman–Crippen LogP) is 4.02. The van der Waals surface area contributed by atoms with Crippen molar-refractivity contribution in [3.8, 4) is 0 Å². The number of para-hydroxylation sites is 1. The van der Waals surface area contributed by atoms with Crippen molar-refractivity contribution in [3.05, 3.63) is 45.3 Å². The molecule has 0 aliphatic carbocycles. The lowest BCUT2D eigenvalue weighted by Crippen LogP contribution is -2.27. The number of nitrogens with one attached hydrogen (secondary N) is 1. The molecule has 1 saturated heterocycles. The minimum absolute atomic E-state index is 0.0537. The van der Waals surface area contributed by atoms with Gasteiger partial charge < -0.3 is 5.32 Å². The molecule has 1 N–H and O–H groups in total. The van der Waals surface area contributed by atoms with Crippen LogP contribution >= 0.6 is 23.1 Å². The first-order valence-electron chi connectivity index (χ1n) is 8.48. The van der Waals surface area contributed by atoms with E-state index in [0.717, 1.165) is 16.8 Å². The maximum atomic E-state index is 12.3. The molecule has 27 heavy (non-hydrogen) atoms. The van der Waals surface area contributed by atoms with Gasteiger partial charge in [-0.2, -0.15) is 0 Å². The Kier molecular flexibility index (Phi) is 5.76. The molecule has 1 aromatic carbocycles. The maximum Gasteiger partial charge on any atom is 0.264 e. The van der Waals surface area contributed by atoms with Gasteiger partial charge in [0.1, 0.15) is 0 Å². The minimum Gasteiger partial charge on any atom is -0.300 e. The van der Waals surface area contributed by atoms with Crippen molar-refractivity contribution >= 4 is 57.0 Å². The fourth-order valence-corrected chi connectivity index (χ4v) is 4.36. The first-order chi connectivity index (χ1) is 12.9. The summed E-state index contributed by atoms with van der Waals surface area (Å²) >= 11 is 2.67. The number of rotatable bonds is 4. The molecule has 3 rings (SSSR count). The third kappa shape index (κ3) is 4.28. The lowest BCUT2D eigenvalue weighted by Gasteiger charge is -2.14. The van der Waals surface area contributed by atoms with Gasteiger partial charge >= 0.3 is 0 Å². The van der Waals surface area contributed by atoms with Gasteiger partial charge in [0.15, 0.2) is 10.3 Å². The SMILES string of the molecule is CCN(C(C)=O)c1nc(/C=C2\SC(=Nc3c(C)cccc3C)NC2=O)cs1. The predicted molar refractivity (Wildman–Crippen MR) is 113 cm³/mol. The van der Waals surface area contributed by atoms with E-state index in [1.165, 1.54) is 30.0 Å². The highest BCUT2D eigenvalue weighted by atomic mass is 32.2. The summed E-state index contributed by atoms with van der Waals surface area (Å²) in [7, 11) is 0. The van der Waals surface area contributed by atoms with Crippen molar-refractivity contribution in [2.45, 2.75) is 27.7 Å². The average molecular weight is 401 g/mol. The van der Waals surface area contributed by atoms with E-state index < -0.39 is 0 Å². The number of aryl methyl sites for hydroxylation is 2. The molecule has 2 heterocycles.